The molecule has 7 nitrogen and oxygen atoms in total. The number of nitrogens with zero attached hydrogens (tertiary/aromatic N) is 4. The Morgan fingerprint density at radius 1 is 0.933 bits per heavy atom. The molecule has 1 fully saturated rings. The predicted molar refractivity (Wildman–Crippen MR) is 113 cm³/mol. The van der Waals surface area contributed by atoms with Crippen LogP contribution in [-0.2, 0) is 16.1 Å². The lowest BCUT2D eigenvalue weighted by atomic mass is 10.0. The first kappa shape index (κ1) is 20.1. The number of aromatic nitrogens is 1. The van der Waals surface area contributed by atoms with E-state index in [1.54, 1.807) is 19.5 Å². The van der Waals surface area contributed by atoms with E-state index < -0.39 is 0 Å². The van der Waals surface area contributed by atoms with Crippen LogP contribution < -0.4 is 4.74 Å². The second-order valence-electron chi connectivity index (χ2n) is 7.43. The third kappa shape index (κ3) is 3.80. The Morgan fingerprint density at radius 2 is 1.60 bits per heavy atom. The van der Waals surface area contributed by atoms with Crippen molar-refractivity contribution in [2.75, 3.05) is 39.8 Å². The molecular weight excluding hydrogens is 380 g/mol. The number of amides is 2. The normalized spacial score (nSPS) is 17.8. The number of piperazine rings is 1. The average molecular weight is 406 g/mol. The molecule has 1 aromatic carbocycles. The molecule has 0 N–H and O–H groups in total. The summed E-state index contributed by atoms with van der Waals surface area (Å²) < 4.78 is 5.25. The largest absolute Gasteiger partial charge is 0.497 e. The highest BCUT2D eigenvalue weighted by atomic mass is 16.5. The Balaban J connectivity index is 1.70. The summed E-state index contributed by atoms with van der Waals surface area (Å²) in [5.74, 6) is 0.227. The van der Waals surface area contributed by atoms with E-state index in [9.17, 15) is 9.59 Å². The molecule has 0 saturated carbocycles. The second kappa shape index (κ2) is 8.67. The number of ether oxygens (including phenoxy) is 1. The monoisotopic (exact) mass is 406 g/mol. The summed E-state index contributed by atoms with van der Waals surface area (Å²) in [5.41, 5.74) is 2.59. The molecule has 156 valence electrons. The quantitative estimate of drug-likeness (QED) is 0.684. The van der Waals surface area contributed by atoms with Crippen LogP contribution in [0, 0.1) is 0 Å². The van der Waals surface area contributed by atoms with Crippen molar-refractivity contribution in [3.05, 3.63) is 65.6 Å². The predicted octanol–water partition coefficient (Wildman–Crippen LogP) is 2.01. The van der Waals surface area contributed by atoms with Crippen molar-refractivity contribution in [3.63, 3.8) is 0 Å². The van der Waals surface area contributed by atoms with Gasteiger partial charge in [0.15, 0.2) is 0 Å². The van der Waals surface area contributed by atoms with Gasteiger partial charge in [0.1, 0.15) is 11.4 Å². The van der Waals surface area contributed by atoms with Gasteiger partial charge >= 0.3 is 0 Å². The highest BCUT2D eigenvalue weighted by Crippen LogP contribution is 2.33. The van der Waals surface area contributed by atoms with Gasteiger partial charge < -0.3 is 14.5 Å². The van der Waals surface area contributed by atoms with Gasteiger partial charge in [0, 0.05) is 38.6 Å². The van der Waals surface area contributed by atoms with Crippen molar-refractivity contribution in [3.8, 4) is 5.75 Å². The number of rotatable bonds is 6. The molecule has 2 aromatic rings. The number of likely N-dealkylation sites (N-methyl/N-ethyl adjacent to an activating group) is 1. The Morgan fingerprint density at radius 3 is 2.20 bits per heavy atom. The van der Waals surface area contributed by atoms with Crippen LogP contribution in [0.2, 0.25) is 0 Å². The molecule has 4 rings (SSSR count). The fourth-order valence-electron chi connectivity index (χ4n) is 3.98. The summed E-state index contributed by atoms with van der Waals surface area (Å²) in [7, 11) is 1.60. The first-order chi connectivity index (χ1) is 14.6. The van der Waals surface area contributed by atoms with Crippen molar-refractivity contribution in [1.82, 2.24) is 19.7 Å². The molecule has 0 radical (unpaired) electrons. The van der Waals surface area contributed by atoms with Gasteiger partial charge in [-0.05, 0) is 41.9 Å². The molecule has 2 aliphatic rings. The van der Waals surface area contributed by atoms with Crippen LogP contribution in [-0.4, -0.2) is 71.3 Å². The number of carbonyl (C=O) groups excluding carboxylic acids is 2. The molecule has 0 spiro atoms. The molecule has 0 bridgehead atoms. The standard InChI is InChI=1S/C23H26N4O3/c1-3-25-12-14-26(15-13-25)21-20(18-4-6-19(30-2)7-5-18)22(28)27(23(21)29)16-17-8-10-24-11-9-17/h4-11H,3,12-16H2,1-2H3. The van der Waals surface area contributed by atoms with Crippen LogP contribution in [0.25, 0.3) is 5.57 Å². The molecule has 1 aromatic heterocycles. The maximum absolute atomic E-state index is 13.4. The number of imide groups is 1. The zero-order chi connectivity index (χ0) is 21.1. The lowest BCUT2D eigenvalue weighted by Gasteiger charge is -2.36. The molecule has 2 aliphatic heterocycles. The van der Waals surface area contributed by atoms with Gasteiger partial charge in [0.2, 0.25) is 0 Å². The highest BCUT2D eigenvalue weighted by molar-refractivity contribution is 6.35. The summed E-state index contributed by atoms with van der Waals surface area (Å²) in [4.78, 5) is 36.6. The van der Waals surface area contributed by atoms with Gasteiger partial charge in [-0.25, -0.2) is 0 Å². The summed E-state index contributed by atoms with van der Waals surface area (Å²) in [5, 5.41) is 0. The van der Waals surface area contributed by atoms with Crippen molar-refractivity contribution in [2.45, 2.75) is 13.5 Å². The third-order valence-corrected chi connectivity index (χ3v) is 5.75. The Hall–Kier alpha value is -3.19. The maximum Gasteiger partial charge on any atom is 0.278 e. The van der Waals surface area contributed by atoms with Crippen LogP contribution in [0.15, 0.2) is 54.5 Å². The lowest BCUT2D eigenvalue weighted by Crippen LogP contribution is -2.47. The zero-order valence-electron chi connectivity index (χ0n) is 17.4. The Bertz CT molecular complexity index is 948. The summed E-state index contributed by atoms with van der Waals surface area (Å²) in [6, 6.07) is 11.0. The molecule has 2 amide bonds. The lowest BCUT2D eigenvalue weighted by molar-refractivity contribution is -0.138. The second-order valence-corrected chi connectivity index (χ2v) is 7.43. The van der Waals surface area contributed by atoms with Gasteiger partial charge in [-0.3, -0.25) is 19.5 Å². The SMILES string of the molecule is CCN1CCN(C2=C(c3ccc(OC)cc3)C(=O)N(Cc3ccncc3)C2=O)CC1. The van der Waals surface area contributed by atoms with Crippen molar-refractivity contribution in [2.24, 2.45) is 0 Å². The molecule has 3 heterocycles. The van der Waals surface area contributed by atoms with Crippen LogP contribution in [0.4, 0.5) is 0 Å². The van der Waals surface area contributed by atoms with E-state index in [-0.39, 0.29) is 18.4 Å². The number of benzene rings is 1. The van der Waals surface area contributed by atoms with Crippen molar-refractivity contribution < 1.29 is 14.3 Å². The topological polar surface area (TPSA) is 66.0 Å². The first-order valence-electron chi connectivity index (χ1n) is 10.2. The van der Waals surface area contributed by atoms with E-state index in [0.29, 0.717) is 17.0 Å². The minimum atomic E-state index is -0.255. The average Bonchev–Trinajstić information content (AvgIpc) is 3.04. The minimum absolute atomic E-state index is 0.229. The van der Waals surface area contributed by atoms with Gasteiger partial charge in [-0.1, -0.05) is 19.1 Å². The fourth-order valence-corrected chi connectivity index (χ4v) is 3.98. The molecule has 1 saturated heterocycles. The van der Waals surface area contributed by atoms with Crippen LogP contribution in [0.1, 0.15) is 18.1 Å². The van der Waals surface area contributed by atoms with E-state index >= 15 is 0 Å². The van der Waals surface area contributed by atoms with Gasteiger partial charge in [-0.15, -0.1) is 0 Å². The van der Waals surface area contributed by atoms with Gasteiger partial charge in [-0.2, -0.15) is 0 Å². The zero-order valence-corrected chi connectivity index (χ0v) is 17.4. The number of carbonyl (C=O) groups is 2. The van der Waals surface area contributed by atoms with Crippen LogP contribution >= 0.6 is 0 Å². The number of hydrogen-bond donors (Lipinski definition) is 0. The third-order valence-electron chi connectivity index (χ3n) is 5.75. The Labute approximate surface area is 176 Å². The summed E-state index contributed by atoms with van der Waals surface area (Å²) in [6.07, 6.45) is 3.34. The molecule has 7 heteroatoms. The number of hydrogen-bond acceptors (Lipinski definition) is 6. The molecule has 0 unspecified atom stereocenters. The molecule has 0 aliphatic carbocycles. The van der Waals surface area contributed by atoms with Gasteiger partial charge in [0.25, 0.3) is 11.8 Å². The van der Waals surface area contributed by atoms with E-state index in [0.717, 1.165) is 43.9 Å². The van der Waals surface area contributed by atoms with E-state index in [1.807, 2.05) is 36.4 Å². The maximum atomic E-state index is 13.4. The van der Waals surface area contributed by atoms with Crippen LogP contribution in [0.3, 0.4) is 0 Å². The van der Waals surface area contributed by atoms with Gasteiger partial charge in [0.05, 0.1) is 19.2 Å². The van der Waals surface area contributed by atoms with E-state index in [4.69, 9.17) is 4.74 Å². The summed E-state index contributed by atoms with van der Waals surface area (Å²) in [6.45, 7) is 6.56. The van der Waals surface area contributed by atoms with Crippen molar-refractivity contribution >= 4 is 17.4 Å². The minimum Gasteiger partial charge on any atom is -0.497 e. The van der Waals surface area contributed by atoms with Crippen molar-refractivity contribution in [1.29, 1.82) is 0 Å². The fraction of sp³-hybridized carbons (Fsp3) is 0.348. The number of pyridine rings is 1. The van der Waals surface area contributed by atoms with Crippen LogP contribution in [0.5, 0.6) is 5.75 Å². The molecular formula is C23H26N4O3. The Kier molecular flexibility index (Phi) is 5.81. The van der Waals surface area contributed by atoms with E-state index in [1.165, 1.54) is 4.90 Å². The highest BCUT2D eigenvalue weighted by Gasteiger charge is 2.42. The number of methoxy groups -OCH3 is 1. The summed E-state index contributed by atoms with van der Waals surface area (Å²) >= 11 is 0. The molecule has 0 atom stereocenters. The smallest absolute Gasteiger partial charge is 0.278 e. The van der Waals surface area contributed by atoms with E-state index in [2.05, 4.69) is 21.7 Å². The first-order valence-corrected chi connectivity index (χ1v) is 10.2. The molecule has 30 heavy (non-hydrogen) atoms.